The predicted octanol–water partition coefficient (Wildman–Crippen LogP) is 5.05. The van der Waals surface area contributed by atoms with Crippen molar-refractivity contribution in [3.63, 3.8) is 0 Å². The monoisotopic (exact) mass is 370 g/mol. The van der Waals surface area contributed by atoms with Gasteiger partial charge in [-0.3, -0.25) is 0 Å². The molecule has 0 bridgehead atoms. The van der Waals surface area contributed by atoms with Gasteiger partial charge in [-0.05, 0) is 23.8 Å². The Bertz CT molecular complexity index is 746. The van der Waals surface area contributed by atoms with Crippen LogP contribution in [0.2, 0.25) is 10.0 Å². The van der Waals surface area contributed by atoms with E-state index in [1.165, 1.54) is 18.2 Å². The normalized spacial score (nSPS) is 10.7. The number of carbonyl (C=O) groups excluding carboxylic acids is 1. The average molecular weight is 371 g/mol. The highest BCUT2D eigenvalue weighted by Gasteiger charge is 2.30. The van der Waals surface area contributed by atoms with Crippen LogP contribution in [-0.2, 0) is 11.3 Å². The molecule has 0 aliphatic rings. The Labute approximate surface area is 136 Å². The van der Waals surface area contributed by atoms with E-state index in [1.807, 2.05) is 0 Å². The number of rotatable bonds is 3. The Hall–Kier alpha value is -1.86. The van der Waals surface area contributed by atoms with Crippen LogP contribution < -0.4 is 0 Å². The Morgan fingerprint density at radius 2 is 1.26 bits per heavy atom. The van der Waals surface area contributed by atoms with Crippen molar-refractivity contribution in [2.24, 2.45) is 0 Å². The summed E-state index contributed by atoms with van der Waals surface area (Å²) in [5, 5.41) is 0.416. The van der Waals surface area contributed by atoms with Gasteiger partial charge in [0, 0.05) is 10.0 Å². The molecule has 2 aromatic rings. The summed E-state index contributed by atoms with van der Waals surface area (Å²) >= 11 is 11.4. The fourth-order valence-corrected chi connectivity index (χ4v) is 2.27. The fraction of sp³-hybridized carbons (Fsp3) is 0.0714. The van der Waals surface area contributed by atoms with Gasteiger partial charge in [0.15, 0.2) is 23.3 Å². The molecule has 0 saturated carbocycles. The lowest BCUT2D eigenvalue weighted by atomic mass is 10.1. The van der Waals surface area contributed by atoms with E-state index in [2.05, 4.69) is 4.74 Å². The quantitative estimate of drug-likeness (QED) is 0.327. The number of ether oxygens (including phenoxy) is 1. The molecule has 23 heavy (non-hydrogen) atoms. The molecule has 2 aromatic carbocycles. The van der Waals surface area contributed by atoms with E-state index in [1.54, 1.807) is 0 Å². The van der Waals surface area contributed by atoms with E-state index in [0.717, 1.165) is 0 Å². The van der Waals surface area contributed by atoms with Crippen molar-refractivity contribution in [3.05, 3.63) is 68.5 Å². The Balaban J connectivity index is 2.28. The van der Waals surface area contributed by atoms with E-state index in [-0.39, 0.29) is 15.6 Å². The maximum absolute atomic E-state index is 13.4. The molecule has 0 N–H and O–H groups in total. The molecule has 0 amide bonds. The SMILES string of the molecule is O=C(OCc1cc(Cl)cc(Cl)c1)c1c(F)c(F)c(F)c(F)c1F. The molecule has 0 aliphatic heterocycles. The molecule has 0 atom stereocenters. The van der Waals surface area contributed by atoms with Crippen LogP contribution in [-0.4, -0.2) is 5.97 Å². The standard InChI is InChI=1S/C14H5Cl2F5O2/c15-6-1-5(2-7(16)3-6)4-23-14(22)8-9(17)11(19)13(21)12(20)10(8)18/h1-3H,4H2. The minimum Gasteiger partial charge on any atom is -0.457 e. The summed E-state index contributed by atoms with van der Waals surface area (Å²) in [6.45, 7) is -0.529. The topological polar surface area (TPSA) is 26.3 Å². The third-order valence-electron chi connectivity index (χ3n) is 2.71. The fourth-order valence-electron chi connectivity index (χ4n) is 1.70. The van der Waals surface area contributed by atoms with Crippen LogP contribution in [0.5, 0.6) is 0 Å². The summed E-state index contributed by atoms with van der Waals surface area (Å²) in [6, 6.07) is 4.08. The summed E-state index contributed by atoms with van der Waals surface area (Å²) in [5.74, 6) is -13.1. The molecule has 2 rings (SSSR count). The van der Waals surface area contributed by atoms with E-state index in [4.69, 9.17) is 23.2 Å². The van der Waals surface area contributed by atoms with Crippen molar-refractivity contribution in [3.8, 4) is 0 Å². The Kier molecular flexibility index (Phi) is 5.11. The van der Waals surface area contributed by atoms with Gasteiger partial charge in [0.05, 0.1) is 0 Å². The molecule has 0 fully saturated rings. The maximum atomic E-state index is 13.4. The number of benzene rings is 2. The molecule has 0 aliphatic carbocycles. The molecular weight excluding hydrogens is 366 g/mol. The van der Waals surface area contributed by atoms with Crippen LogP contribution >= 0.6 is 23.2 Å². The molecule has 0 unspecified atom stereocenters. The van der Waals surface area contributed by atoms with Crippen molar-refractivity contribution < 1.29 is 31.5 Å². The second-order valence-corrected chi connectivity index (χ2v) is 5.17. The molecule has 0 radical (unpaired) electrons. The van der Waals surface area contributed by atoms with Crippen LogP contribution in [0.25, 0.3) is 0 Å². The lowest BCUT2D eigenvalue weighted by Crippen LogP contribution is -2.15. The van der Waals surface area contributed by atoms with Crippen LogP contribution in [0.15, 0.2) is 18.2 Å². The average Bonchev–Trinajstić information content (AvgIpc) is 2.48. The summed E-state index contributed by atoms with van der Waals surface area (Å²) in [7, 11) is 0. The number of carbonyl (C=O) groups is 1. The summed E-state index contributed by atoms with van der Waals surface area (Å²) in [6.07, 6.45) is 0. The first-order chi connectivity index (χ1) is 10.7. The molecule has 0 spiro atoms. The first-order valence-electron chi connectivity index (χ1n) is 5.86. The Morgan fingerprint density at radius 1 is 0.826 bits per heavy atom. The molecule has 0 saturated heterocycles. The highest BCUT2D eigenvalue weighted by atomic mass is 35.5. The van der Waals surface area contributed by atoms with Gasteiger partial charge in [0.25, 0.3) is 0 Å². The molecule has 122 valence electrons. The van der Waals surface area contributed by atoms with E-state index in [9.17, 15) is 26.7 Å². The van der Waals surface area contributed by atoms with Gasteiger partial charge in [0.2, 0.25) is 5.82 Å². The largest absolute Gasteiger partial charge is 0.457 e. The molecule has 2 nitrogen and oxygen atoms in total. The second-order valence-electron chi connectivity index (χ2n) is 4.30. The zero-order valence-electron chi connectivity index (χ0n) is 10.9. The van der Waals surface area contributed by atoms with Crippen molar-refractivity contribution in [2.45, 2.75) is 6.61 Å². The zero-order chi connectivity index (χ0) is 17.3. The number of hydrogen-bond donors (Lipinski definition) is 0. The highest BCUT2D eigenvalue weighted by molar-refractivity contribution is 6.34. The Morgan fingerprint density at radius 3 is 1.74 bits per heavy atom. The molecule has 9 heteroatoms. The minimum absolute atomic E-state index is 0.208. The predicted molar refractivity (Wildman–Crippen MR) is 71.8 cm³/mol. The first kappa shape index (κ1) is 17.5. The first-order valence-corrected chi connectivity index (χ1v) is 6.61. The molecular formula is C14H5Cl2F5O2. The van der Waals surface area contributed by atoms with Crippen LogP contribution in [0, 0.1) is 29.1 Å². The van der Waals surface area contributed by atoms with E-state index >= 15 is 0 Å². The number of halogens is 7. The summed E-state index contributed by atoms with van der Waals surface area (Å²) in [5.41, 5.74) is -1.41. The van der Waals surface area contributed by atoms with Crippen molar-refractivity contribution >= 4 is 29.2 Å². The molecule has 0 aromatic heterocycles. The number of hydrogen-bond acceptors (Lipinski definition) is 2. The van der Waals surface area contributed by atoms with Crippen molar-refractivity contribution in [2.75, 3.05) is 0 Å². The van der Waals surface area contributed by atoms with Crippen LogP contribution in [0.1, 0.15) is 15.9 Å². The minimum atomic E-state index is -2.36. The smallest absolute Gasteiger partial charge is 0.344 e. The van der Waals surface area contributed by atoms with Crippen LogP contribution in [0.4, 0.5) is 22.0 Å². The highest BCUT2D eigenvalue weighted by Crippen LogP contribution is 2.24. The third kappa shape index (κ3) is 3.56. The lowest BCUT2D eigenvalue weighted by Gasteiger charge is -2.09. The maximum Gasteiger partial charge on any atom is 0.344 e. The van der Waals surface area contributed by atoms with Gasteiger partial charge < -0.3 is 4.74 Å². The zero-order valence-corrected chi connectivity index (χ0v) is 12.4. The third-order valence-corrected chi connectivity index (χ3v) is 3.14. The number of esters is 1. The van der Waals surface area contributed by atoms with Crippen molar-refractivity contribution in [1.82, 2.24) is 0 Å². The van der Waals surface area contributed by atoms with Gasteiger partial charge in [-0.1, -0.05) is 23.2 Å². The summed E-state index contributed by atoms with van der Waals surface area (Å²) < 4.78 is 70.4. The van der Waals surface area contributed by atoms with E-state index in [0.29, 0.717) is 0 Å². The van der Waals surface area contributed by atoms with Gasteiger partial charge in [-0.2, -0.15) is 0 Å². The lowest BCUT2D eigenvalue weighted by molar-refractivity contribution is 0.0458. The van der Waals surface area contributed by atoms with Crippen LogP contribution in [0.3, 0.4) is 0 Å². The van der Waals surface area contributed by atoms with Gasteiger partial charge in [-0.15, -0.1) is 0 Å². The summed E-state index contributed by atoms with van der Waals surface area (Å²) in [4.78, 5) is 11.6. The van der Waals surface area contributed by atoms with Gasteiger partial charge in [0.1, 0.15) is 12.2 Å². The van der Waals surface area contributed by atoms with E-state index < -0.39 is 47.2 Å². The van der Waals surface area contributed by atoms with Gasteiger partial charge >= 0.3 is 5.97 Å². The van der Waals surface area contributed by atoms with Gasteiger partial charge in [-0.25, -0.2) is 26.7 Å². The van der Waals surface area contributed by atoms with Crippen molar-refractivity contribution in [1.29, 1.82) is 0 Å². The molecule has 0 heterocycles. The second kappa shape index (κ2) is 6.72.